The molecule has 11 heteroatoms. The number of nitrogens with zero attached hydrogens (tertiary/aromatic N) is 3. The zero-order valence-electron chi connectivity index (χ0n) is 19.0. The van der Waals surface area contributed by atoms with Gasteiger partial charge in [-0.25, -0.2) is 18.7 Å². The Labute approximate surface area is 210 Å². The van der Waals surface area contributed by atoms with E-state index in [1.807, 2.05) is 4.90 Å². The summed E-state index contributed by atoms with van der Waals surface area (Å²) in [6.07, 6.45) is 2.00. The Hall–Kier alpha value is -2.66. The number of aliphatic carboxylic acids is 1. The topological polar surface area (TPSA) is 87.6 Å². The average molecular weight is 523 g/mol. The molecule has 0 saturated carbocycles. The van der Waals surface area contributed by atoms with Crippen molar-refractivity contribution < 1.29 is 23.4 Å². The number of carbonyl (C=O) groups is 1. The van der Waals surface area contributed by atoms with E-state index in [0.29, 0.717) is 23.1 Å². The fraction of sp³-hybridized carbons (Fsp3) is 0.375. The van der Waals surface area contributed by atoms with E-state index >= 15 is 0 Å². The van der Waals surface area contributed by atoms with E-state index in [9.17, 15) is 18.7 Å². The summed E-state index contributed by atoms with van der Waals surface area (Å²) in [7, 11) is 1.53. The number of benzene rings is 1. The first-order valence-electron chi connectivity index (χ1n) is 11.0. The van der Waals surface area contributed by atoms with Gasteiger partial charge in [0.25, 0.3) is 0 Å². The van der Waals surface area contributed by atoms with E-state index in [1.54, 1.807) is 23.7 Å². The second-order valence-electron chi connectivity index (χ2n) is 8.60. The third kappa shape index (κ3) is 5.78. The van der Waals surface area contributed by atoms with Gasteiger partial charge in [0.2, 0.25) is 0 Å². The number of pyridine rings is 1. The van der Waals surface area contributed by atoms with Crippen LogP contribution in [0.4, 0.5) is 19.7 Å². The van der Waals surface area contributed by atoms with Crippen molar-refractivity contribution in [1.29, 1.82) is 0 Å². The number of aromatic nitrogens is 2. The summed E-state index contributed by atoms with van der Waals surface area (Å²) in [5.74, 6) is -1.69. The highest BCUT2D eigenvalue weighted by atomic mass is 35.5. The fourth-order valence-corrected chi connectivity index (χ4v) is 5.23. The quantitative estimate of drug-likeness (QED) is 0.402. The molecule has 2 N–H and O–H groups in total. The standard InChI is InChI=1S/C24H25ClF2N4O3S/c1-34-14-16-11-24(22(32)33,7-9-31(16)13-15-3-2-4-17(25)21(15)27)12-19-18(26)5-6-20(29-19)30-23-28-8-10-35-23/h2-6,8,10,16H,7,9,11-14H2,1H3,(H,32,33)(H,28,29,30). The van der Waals surface area contributed by atoms with Crippen LogP contribution in [-0.2, 0) is 22.5 Å². The Morgan fingerprint density at radius 2 is 2.20 bits per heavy atom. The normalized spacial score (nSPS) is 20.6. The van der Waals surface area contributed by atoms with Crippen molar-refractivity contribution in [2.24, 2.45) is 5.41 Å². The zero-order valence-corrected chi connectivity index (χ0v) is 20.6. The number of halogens is 3. The molecular formula is C24H25ClF2N4O3S. The Morgan fingerprint density at radius 1 is 1.37 bits per heavy atom. The van der Waals surface area contributed by atoms with Gasteiger partial charge in [-0.15, -0.1) is 11.3 Å². The number of methoxy groups -OCH3 is 1. The summed E-state index contributed by atoms with van der Waals surface area (Å²) in [6, 6.07) is 7.27. The van der Waals surface area contributed by atoms with Gasteiger partial charge in [-0.1, -0.05) is 23.7 Å². The lowest BCUT2D eigenvalue weighted by Crippen LogP contribution is -2.52. The van der Waals surface area contributed by atoms with E-state index in [1.165, 1.54) is 36.6 Å². The molecule has 2 aromatic heterocycles. The van der Waals surface area contributed by atoms with Crippen molar-refractivity contribution in [3.63, 3.8) is 0 Å². The van der Waals surface area contributed by atoms with Crippen molar-refractivity contribution >= 4 is 39.9 Å². The molecule has 1 aliphatic rings. The number of hydrogen-bond donors (Lipinski definition) is 2. The van der Waals surface area contributed by atoms with Gasteiger partial charge in [0.15, 0.2) is 5.13 Å². The number of carboxylic acids is 1. The van der Waals surface area contributed by atoms with Gasteiger partial charge in [-0.05, 0) is 37.6 Å². The summed E-state index contributed by atoms with van der Waals surface area (Å²) in [5, 5.41) is 15.7. The molecule has 2 atom stereocenters. The number of piperidine rings is 1. The van der Waals surface area contributed by atoms with Crippen LogP contribution in [0, 0.1) is 17.0 Å². The largest absolute Gasteiger partial charge is 0.481 e. The minimum atomic E-state index is -1.25. The molecule has 186 valence electrons. The minimum absolute atomic E-state index is 0.0375. The maximum absolute atomic E-state index is 14.7. The number of rotatable bonds is 9. The first-order chi connectivity index (χ1) is 16.8. The summed E-state index contributed by atoms with van der Waals surface area (Å²) in [4.78, 5) is 23.0. The third-order valence-electron chi connectivity index (χ3n) is 6.33. The monoisotopic (exact) mass is 522 g/mol. The molecule has 1 fully saturated rings. The predicted molar refractivity (Wildman–Crippen MR) is 130 cm³/mol. The molecule has 1 saturated heterocycles. The highest BCUT2D eigenvalue weighted by molar-refractivity contribution is 7.13. The van der Waals surface area contributed by atoms with Crippen LogP contribution in [-0.4, -0.2) is 52.2 Å². The molecule has 1 aliphatic heterocycles. The molecular weight excluding hydrogens is 498 g/mol. The Bertz CT molecular complexity index is 1180. The maximum atomic E-state index is 14.7. The van der Waals surface area contributed by atoms with Crippen molar-refractivity contribution in [3.05, 3.63) is 69.8 Å². The highest BCUT2D eigenvalue weighted by Gasteiger charge is 2.46. The predicted octanol–water partition coefficient (Wildman–Crippen LogP) is 5.14. The summed E-state index contributed by atoms with van der Waals surface area (Å²) in [6.45, 7) is 0.875. The third-order valence-corrected chi connectivity index (χ3v) is 7.31. The number of carboxylic acid groups (broad SMARTS) is 1. The lowest BCUT2D eigenvalue weighted by Gasteiger charge is -2.44. The fourth-order valence-electron chi connectivity index (χ4n) is 4.50. The second kappa shape index (κ2) is 10.9. The first kappa shape index (κ1) is 25.4. The molecule has 7 nitrogen and oxygen atoms in total. The van der Waals surface area contributed by atoms with E-state index < -0.39 is 23.0 Å². The SMILES string of the molecule is COCC1CC(Cc2nc(Nc3nccs3)ccc2F)(C(=O)O)CCN1Cc1cccc(Cl)c1F. The van der Waals surface area contributed by atoms with Crippen molar-refractivity contribution in [2.45, 2.75) is 31.8 Å². The van der Waals surface area contributed by atoms with Crippen molar-refractivity contribution in [1.82, 2.24) is 14.9 Å². The molecule has 2 unspecified atom stereocenters. The van der Waals surface area contributed by atoms with E-state index in [4.69, 9.17) is 16.3 Å². The van der Waals surface area contributed by atoms with E-state index in [-0.39, 0.29) is 49.2 Å². The van der Waals surface area contributed by atoms with Gasteiger partial charge in [0.05, 0.1) is 22.7 Å². The van der Waals surface area contributed by atoms with Crippen LogP contribution < -0.4 is 5.32 Å². The molecule has 3 heterocycles. The van der Waals surface area contributed by atoms with E-state index in [2.05, 4.69) is 15.3 Å². The molecule has 3 aromatic rings. The van der Waals surface area contributed by atoms with Crippen LogP contribution in [0.25, 0.3) is 0 Å². The van der Waals surface area contributed by atoms with Crippen LogP contribution in [0.3, 0.4) is 0 Å². The Morgan fingerprint density at radius 3 is 2.91 bits per heavy atom. The maximum Gasteiger partial charge on any atom is 0.310 e. The summed E-state index contributed by atoms with van der Waals surface area (Å²) < 4.78 is 34.6. The van der Waals surface area contributed by atoms with Crippen LogP contribution in [0.1, 0.15) is 24.1 Å². The molecule has 0 radical (unpaired) electrons. The molecule has 4 rings (SSSR count). The number of anilines is 2. The van der Waals surface area contributed by atoms with Crippen LogP contribution in [0.2, 0.25) is 5.02 Å². The van der Waals surface area contributed by atoms with Crippen LogP contribution in [0.5, 0.6) is 0 Å². The van der Waals surface area contributed by atoms with E-state index in [0.717, 1.165) is 0 Å². The molecule has 35 heavy (non-hydrogen) atoms. The molecule has 0 bridgehead atoms. The van der Waals surface area contributed by atoms with Gasteiger partial charge in [0, 0.05) is 43.3 Å². The van der Waals surface area contributed by atoms with Gasteiger partial charge in [-0.2, -0.15) is 0 Å². The summed E-state index contributed by atoms with van der Waals surface area (Å²) in [5.41, 5.74) is -0.755. The van der Waals surface area contributed by atoms with Crippen LogP contribution >= 0.6 is 22.9 Å². The van der Waals surface area contributed by atoms with Crippen LogP contribution in [0.15, 0.2) is 41.9 Å². The summed E-state index contributed by atoms with van der Waals surface area (Å²) >= 11 is 7.30. The molecule has 0 aliphatic carbocycles. The number of thiazole rings is 1. The highest BCUT2D eigenvalue weighted by Crippen LogP contribution is 2.40. The second-order valence-corrected chi connectivity index (χ2v) is 9.90. The number of likely N-dealkylation sites (tertiary alicyclic amines) is 1. The first-order valence-corrected chi connectivity index (χ1v) is 12.3. The molecule has 0 amide bonds. The average Bonchev–Trinajstić information content (AvgIpc) is 3.34. The van der Waals surface area contributed by atoms with Gasteiger partial charge >= 0.3 is 5.97 Å². The van der Waals surface area contributed by atoms with Crippen molar-refractivity contribution in [3.8, 4) is 0 Å². The number of hydrogen-bond acceptors (Lipinski definition) is 7. The minimum Gasteiger partial charge on any atom is -0.481 e. The lowest BCUT2D eigenvalue weighted by molar-refractivity contribution is -0.154. The Balaban J connectivity index is 1.57. The molecule has 1 aromatic carbocycles. The smallest absolute Gasteiger partial charge is 0.310 e. The lowest BCUT2D eigenvalue weighted by atomic mass is 9.72. The van der Waals surface area contributed by atoms with Gasteiger partial charge in [0.1, 0.15) is 17.5 Å². The zero-order chi connectivity index (χ0) is 25.0. The number of ether oxygens (including phenoxy) is 1. The van der Waals surface area contributed by atoms with Crippen molar-refractivity contribution in [2.75, 3.05) is 25.6 Å². The van der Waals surface area contributed by atoms with Gasteiger partial charge in [-0.3, -0.25) is 9.69 Å². The van der Waals surface area contributed by atoms with Gasteiger partial charge < -0.3 is 15.2 Å². The number of nitrogens with one attached hydrogen (secondary N) is 1. The molecule has 0 spiro atoms. The Kier molecular flexibility index (Phi) is 7.95.